The van der Waals surface area contributed by atoms with Crippen molar-refractivity contribution in [3.63, 3.8) is 0 Å². The lowest BCUT2D eigenvalue weighted by molar-refractivity contribution is -0.174. The predicted octanol–water partition coefficient (Wildman–Crippen LogP) is 3.98. The SMILES string of the molecule is COc1ccc(C[C@H]2CCCC(NC(=O)c3nccc(OC)c3O)C(=O)O[C@@H](C)[C@@H]2OC(=O)C2CCCC2)cc1. The van der Waals surface area contributed by atoms with Gasteiger partial charge in [-0.05, 0) is 56.7 Å². The number of carbonyl (C=O) groups is 3. The molecule has 2 heterocycles. The molecule has 2 aromatic rings. The number of hydrogen-bond donors (Lipinski definition) is 2. The summed E-state index contributed by atoms with van der Waals surface area (Å²) in [7, 11) is 2.98. The predicted molar refractivity (Wildman–Crippen MR) is 145 cm³/mol. The zero-order valence-electron chi connectivity index (χ0n) is 23.3. The lowest BCUT2D eigenvalue weighted by Crippen LogP contribution is -2.45. The Morgan fingerprint density at radius 3 is 2.42 bits per heavy atom. The fourth-order valence-electron chi connectivity index (χ4n) is 5.57. The average molecular weight is 555 g/mol. The molecule has 1 unspecified atom stereocenters. The molecular weight excluding hydrogens is 516 g/mol. The summed E-state index contributed by atoms with van der Waals surface area (Å²) >= 11 is 0. The van der Waals surface area contributed by atoms with Crippen LogP contribution in [0.15, 0.2) is 36.5 Å². The number of rotatable bonds is 8. The second kappa shape index (κ2) is 13.5. The molecule has 40 heavy (non-hydrogen) atoms. The summed E-state index contributed by atoms with van der Waals surface area (Å²) < 4.78 is 22.3. The Bertz CT molecular complexity index is 1180. The summed E-state index contributed by atoms with van der Waals surface area (Å²) in [6, 6.07) is 8.21. The fourth-order valence-corrected chi connectivity index (χ4v) is 5.57. The number of nitrogens with one attached hydrogen (secondary N) is 1. The molecule has 1 amide bonds. The van der Waals surface area contributed by atoms with Gasteiger partial charge in [-0.1, -0.05) is 31.4 Å². The Labute approximate surface area is 234 Å². The zero-order valence-corrected chi connectivity index (χ0v) is 23.3. The summed E-state index contributed by atoms with van der Waals surface area (Å²) in [4.78, 5) is 43.2. The van der Waals surface area contributed by atoms with E-state index in [0.29, 0.717) is 25.7 Å². The van der Waals surface area contributed by atoms with Crippen LogP contribution in [0.2, 0.25) is 0 Å². The number of aromatic nitrogens is 1. The van der Waals surface area contributed by atoms with E-state index in [1.54, 1.807) is 14.0 Å². The molecule has 1 aliphatic carbocycles. The largest absolute Gasteiger partial charge is 0.503 e. The summed E-state index contributed by atoms with van der Waals surface area (Å²) in [5.74, 6) is -1.40. The van der Waals surface area contributed by atoms with E-state index < -0.39 is 35.9 Å². The van der Waals surface area contributed by atoms with Crippen molar-refractivity contribution in [3.8, 4) is 17.2 Å². The minimum Gasteiger partial charge on any atom is -0.503 e. The first-order valence-corrected chi connectivity index (χ1v) is 13.9. The standard InChI is InChI=1S/C30H38N2O8/c1-18-27(40-29(35)20-7-4-5-8-20)21(17-19-11-13-22(37-2)14-12-19)9-6-10-23(30(36)39-18)32-28(34)25-26(33)24(38-3)15-16-31-25/h11-16,18,20-21,23,27,33H,4-10,17H2,1-3H3,(H,32,34)/t18-,21+,23?,27-/m0/s1. The van der Waals surface area contributed by atoms with Crippen LogP contribution < -0.4 is 14.8 Å². The number of carbonyl (C=O) groups excluding carboxylic acids is 3. The maximum atomic E-state index is 13.2. The van der Waals surface area contributed by atoms with Crippen LogP contribution in [0.4, 0.5) is 0 Å². The molecule has 4 atom stereocenters. The summed E-state index contributed by atoms with van der Waals surface area (Å²) in [5, 5.41) is 13.0. The van der Waals surface area contributed by atoms with Crippen molar-refractivity contribution in [3.05, 3.63) is 47.8 Å². The maximum absolute atomic E-state index is 13.2. The molecule has 2 aliphatic rings. The maximum Gasteiger partial charge on any atom is 0.329 e. The molecule has 2 fully saturated rings. The lowest BCUT2D eigenvalue weighted by Gasteiger charge is -2.31. The van der Waals surface area contributed by atoms with E-state index in [9.17, 15) is 19.5 Å². The molecule has 1 aromatic carbocycles. The van der Waals surface area contributed by atoms with Crippen molar-refractivity contribution in [1.29, 1.82) is 0 Å². The third-order valence-corrected chi connectivity index (χ3v) is 7.81. The van der Waals surface area contributed by atoms with Crippen LogP contribution in [0.5, 0.6) is 17.2 Å². The molecule has 10 heteroatoms. The highest BCUT2D eigenvalue weighted by Crippen LogP contribution is 2.32. The van der Waals surface area contributed by atoms with Gasteiger partial charge >= 0.3 is 11.9 Å². The number of methoxy groups -OCH3 is 2. The van der Waals surface area contributed by atoms with Crippen molar-refractivity contribution in [2.24, 2.45) is 11.8 Å². The van der Waals surface area contributed by atoms with E-state index in [1.807, 2.05) is 24.3 Å². The number of benzene rings is 1. The van der Waals surface area contributed by atoms with Crippen LogP contribution in [0.3, 0.4) is 0 Å². The zero-order chi connectivity index (χ0) is 28.6. The third kappa shape index (κ3) is 7.03. The Balaban J connectivity index is 1.53. The van der Waals surface area contributed by atoms with E-state index in [4.69, 9.17) is 18.9 Å². The number of esters is 2. The quantitative estimate of drug-likeness (QED) is 0.465. The van der Waals surface area contributed by atoms with Crippen LogP contribution in [-0.4, -0.2) is 60.4 Å². The Morgan fingerprint density at radius 1 is 1.02 bits per heavy atom. The second-order valence-corrected chi connectivity index (χ2v) is 10.5. The number of amides is 1. The van der Waals surface area contributed by atoms with Gasteiger partial charge in [0.25, 0.3) is 5.91 Å². The van der Waals surface area contributed by atoms with Crippen molar-refractivity contribution in [2.75, 3.05) is 14.2 Å². The summed E-state index contributed by atoms with van der Waals surface area (Å²) in [6.45, 7) is 1.73. The van der Waals surface area contributed by atoms with Gasteiger partial charge in [0, 0.05) is 18.2 Å². The number of hydrogen-bond acceptors (Lipinski definition) is 9. The minimum atomic E-state index is -0.965. The first-order chi connectivity index (χ1) is 19.3. The van der Waals surface area contributed by atoms with Crippen LogP contribution >= 0.6 is 0 Å². The van der Waals surface area contributed by atoms with E-state index >= 15 is 0 Å². The molecule has 2 N–H and O–H groups in total. The first-order valence-electron chi connectivity index (χ1n) is 13.9. The van der Waals surface area contributed by atoms with Crippen molar-refractivity contribution in [1.82, 2.24) is 10.3 Å². The van der Waals surface area contributed by atoms with E-state index in [1.165, 1.54) is 19.4 Å². The van der Waals surface area contributed by atoms with Gasteiger partial charge in [0.05, 0.1) is 20.1 Å². The summed E-state index contributed by atoms with van der Waals surface area (Å²) in [6.07, 6.45) is 5.73. The highest BCUT2D eigenvalue weighted by Gasteiger charge is 2.38. The number of ether oxygens (including phenoxy) is 4. The normalized spacial score (nSPS) is 23.7. The average Bonchev–Trinajstić information content (AvgIpc) is 3.51. The van der Waals surface area contributed by atoms with Crippen molar-refractivity contribution >= 4 is 17.8 Å². The van der Waals surface area contributed by atoms with Gasteiger partial charge in [-0.15, -0.1) is 0 Å². The topological polar surface area (TPSA) is 133 Å². The van der Waals surface area contributed by atoms with Gasteiger partial charge < -0.3 is 29.4 Å². The molecule has 216 valence electrons. The molecule has 4 rings (SSSR count). The first kappa shape index (κ1) is 29.2. The van der Waals surface area contributed by atoms with Gasteiger partial charge in [0.2, 0.25) is 0 Å². The molecule has 0 bridgehead atoms. The van der Waals surface area contributed by atoms with Crippen LogP contribution in [0.1, 0.15) is 67.9 Å². The molecule has 1 aromatic heterocycles. The van der Waals surface area contributed by atoms with Crippen molar-refractivity contribution in [2.45, 2.75) is 76.5 Å². The third-order valence-electron chi connectivity index (χ3n) is 7.81. The molecule has 1 aliphatic heterocycles. The number of aromatic hydroxyl groups is 1. The van der Waals surface area contributed by atoms with Crippen LogP contribution in [-0.2, 0) is 25.5 Å². The smallest absolute Gasteiger partial charge is 0.329 e. The number of cyclic esters (lactones) is 1. The van der Waals surface area contributed by atoms with Crippen molar-refractivity contribution < 1.29 is 38.4 Å². The molecule has 10 nitrogen and oxygen atoms in total. The molecule has 0 spiro atoms. The van der Waals surface area contributed by atoms with E-state index in [2.05, 4.69) is 10.3 Å². The van der Waals surface area contributed by atoms with Gasteiger partial charge in [0.1, 0.15) is 24.0 Å². The van der Waals surface area contributed by atoms with E-state index in [0.717, 1.165) is 37.0 Å². The molecule has 1 saturated heterocycles. The van der Waals surface area contributed by atoms with Gasteiger partial charge in [0.15, 0.2) is 17.2 Å². The monoisotopic (exact) mass is 554 g/mol. The van der Waals surface area contributed by atoms with Crippen LogP contribution in [0, 0.1) is 11.8 Å². The Kier molecular flexibility index (Phi) is 9.84. The molecule has 0 radical (unpaired) electrons. The van der Waals surface area contributed by atoms with Gasteiger partial charge in [-0.3, -0.25) is 9.59 Å². The molecule has 1 saturated carbocycles. The fraction of sp³-hybridized carbons (Fsp3) is 0.533. The second-order valence-electron chi connectivity index (χ2n) is 10.5. The lowest BCUT2D eigenvalue weighted by atomic mass is 9.86. The highest BCUT2D eigenvalue weighted by atomic mass is 16.6. The number of nitrogens with zero attached hydrogens (tertiary/aromatic N) is 1. The van der Waals surface area contributed by atoms with E-state index in [-0.39, 0.29) is 29.2 Å². The Hall–Kier alpha value is -3.82. The Morgan fingerprint density at radius 2 is 1.75 bits per heavy atom. The summed E-state index contributed by atoms with van der Waals surface area (Å²) in [5.41, 5.74) is 0.802. The minimum absolute atomic E-state index is 0.0964. The highest BCUT2D eigenvalue weighted by molar-refractivity contribution is 5.97. The van der Waals surface area contributed by atoms with Crippen LogP contribution in [0.25, 0.3) is 0 Å². The number of pyridine rings is 1. The van der Waals surface area contributed by atoms with Gasteiger partial charge in [-0.2, -0.15) is 0 Å². The van der Waals surface area contributed by atoms with Gasteiger partial charge in [-0.25, -0.2) is 9.78 Å². The molecular formula is C30H38N2O8.